The van der Waals surface area contributed by atoms with Crippen molar-refractivity contribution in [2.45, 2.75) is 19.8 Å². The monoisotopic (exact) mass is 201 g/mol. The highest BCUT2D eigenvalue weighted by molar-refractivity contribution is 6.31. The van der Waals surface area contributed by atoms with Crippen molar-refractivity contribution in [2.75, 3.05) is 6.54 Å². The molecule has 1 nitrogen and oxygen atoms in total. The Morgan fingerprint density at radius 3 is 2.69 bits per heavy atom. The van der Waals surface area contributed by atoms with Crippen LogP contribution in [0.2, 0.25) is 5.02 Å². The van der Waals surface area contributed by atoms with E-state index in [1.54, 1.807) is 6.07 Å². The number of nitrogens with two attached hydrogens (primary N) is 1. The van der Waals surface area contributed by atoms with Gasteiger partial charge in [0.2, 0.25) is 0 Å². The van der Waals surface area contributed by atoms with Crippen LogP contribution >= 0.6 is 11.6 Å². The van der Waals surface area contributed by atoms with Crippen molar-refractivity contribution in [1.29, 1.82) is 0 Å². The standard InChI is InChI=1S/C10H13ClFN/c1-6(5-13)10-7(2)8(11)3-4-9(10)12/h3-4,6H,5,13H2,1-2H3. The zero-order valence-corrected chi connectivity index (χ0v) is 8.53. The molecule has 0 aliphatic heterocycles. The van der Waals surface area contributed by atoms with E-state index >= 15 is 0 Å². The normalized spacial score (nSPS) is 13.0. The van der Waals surface area contributed by atoms with Gasteiger partial charge in [-0.15, -0.1) is 0 Å². The number of hydrogen-bond donors (Lipinski definition) is 1. The molecular weight excluding hydrogens is 189 g/mol. The molecule has 1 aromatic rings. The van der Waals surface area contributed by atoms with Crippen LogP contribution < -0.4 is 5.73 Å². The van der Waals surface area contributed by atoms with Crippen LogP contribution in [0, 0.1) is 12.7 Å². The molecule has 0 aromatic heterocycles. The van der Waals surface area contributed by atoms with Gasteiger partial charge in [0.15, 0.2) is 0 Å². The van der Waals surface area contributed by atoms with Gasteiger partial charge in [-0.2, -0.15) is 0 Å². The predicted molar refractivity (Wildman–Crippen MR) is 53.6 cm³/mol. The molecule has 1 atom stereocenters. The molecule has 0 aliphatic rings. The fourth-order valence-electron chi connectivity index (χ4n) is 1.39. The van der Waals surface area contributed by atoms with Crippen LogP contribution in [0.1, 0.15) is 24.0 Å². The minimum Gasteiger partial charge on any atom is -0.330 e. The maximum Gasteiger partial charge on any atom is 0.127 e. The summed E-state index contributed by atoms with van der Waals surface area (Å²) in [5.74, 6) is -0.210. The molecule has 72 valence electrons. The Kier molecular flexibility index (Phi) is 3.28. The molecule has 13 heavy (non-hydrogen) atoms. The van der Waals surface area contributed by atoms with E-state index in [9.17, 15) is 4.39 Å². The van der Waals surface area contributed by atoms with Crippen LogP contribution in [0.4, 0.5) is 4.39 Å². The van der Waals surface area contributed by atoms with Gasteiger partial charge in [-0.3, -0.25) is 0 Å². The molecular formula is C10H13ClFN. The van der Waals surface area contributed by atoms with Crippen molar-refractivity contribution in [2.24, 2.45) is 5.73 Å². The van der Waals surface area contributed by atoms with Crippen LogP contribution in [0.25, 0.3) is 0 Å². The van der Waals surface area contributed by atoms with Gasteiger partial charge in [0.25, 0.3) is 0 Å². The van der Waals surface area contributed by atoms with Gasteiger partial charge in [0.05, 0.1) is 0 Å². The fourth-order valence-corrected chi connectivity index (χ4v) is 1.56. The highest BCUT2D eigenvalue weighted by atomic mass is 35.5. The number of rotatable bonds is 2. The van der Waals surface area contributed by atoms with Gasteiger partial charge in [-0.1, -0.05) is 18.5 Å². The predicted octanol–water partition coefficient (Wildman–Crippen LogP) is 2.85. The summed E-state index contributed by atoms with van der Waals surface area (Å²) in [5, 5.41) is 0.594. The molecule has 1 aromatic carbocycles. The van der Waals surface area contributed by atoms with Crippen molar-refractivity contribution >= 4 is 11.6 Å². The number of halogens is 2. The first kappa shape index (κ1) is 10.5. The van der Waals surface area contributed by atoms with E-state index in [1.807, 2.05) is 13.8 Å². The molecule has 0 saturated carbocycles. The van der Waals surface area contributed by atoms with Gasteiger partial charge in [-0.25, -0.2) is 4.39 Å². The topological polar surface area (TPSA) is 26.0 Å². The molecule has 0 spiro atoms. The van der Waals surface area contributed by atoms with Crippen molar-refractivity contribution < 1.29 is 4.39 Å². The van der Waals surface area contributed by atoms with Gasteiger partial charge >= 0.3 is 0 Å². The average Bonchev–Trinajstić information content (AvgIpc) is 2.12. The van der Waals surface area contributed by atoms with Gasteiger partial charge in [0.1, 0.15) is 5.82 Å². The third-order valence-corrected chi connectivity index (χ3v) is 2.65. The third-order valence-electron chi connectivity index (χ3n) is 2.24. The summed E-state index contributed by atoms with van der Waals surface area (Å²) < 4.78 is 13.4. The van der Waals surface area contributed by atoms with E-state index in [1.165, 1.54) is 6.07 Å². The largest absolute Gasteiger partial charge is 0.330 e. The summed E-state index contributed by atoms with van der Waals surface area (Å²) in [4.78, 5) is 0. The molecule has 1 rings (SSSR count). The molecule has 0 fully saturated rings. The van der Waals surface area contributed by atoms with E-state index in [0.29, 0.717) is 17.1 Å². The lowest BCUT2D eigenvalue weighted by molar-refractivity contribution is 0.588. The maximum absolute atomic E-state index is 13.4. The first-order valence-corrected chi connectivity index (χ1v) is 4.60. The second-order valence-corrected chi connectivity index (χ2v) is 3.61. The van der Waals surface area contributed by atoms with Crippen LogP contribution in [0.5, 0.6) is 0 Å². The van der Waals surface area contributed by atoms with Gasteiger partial charge in [-0.05, 0) is 42.6 Å². The first-order chi connectivity index (χ1) is 6.07. The Hall–Kier alpha value is -0.600. The fraction of sp³-hybridized carbons (Fsp3) is 0.400. The highest BCUT2D eigenvalue weighted by Crippen LogP contribution is 2.27. The quantitative estimate of drug-likeness (QED) is 0.783. The summed E-state index contributed by atoms with van der Waals surface area (Å²) in [6.07, 6.45) is 0. The van der Waals surface area contributed by atoms with Crippen molar-refractivity contribution in [3.05, 3.63) is 34.1 Å². The minimum absolute atomic E-state index is 0.0127. The minimum atomic E-state index is -0.222. The zero-order valence-electron chi connectivity index (χ0n) is 7.77. The van der Waals surface area contributed by atoms with Gasteiger partial charge < -0.3 is 5.73 Å². The first-order valence-electron chi connectivity index (χ1n) is 4.22. The highest BCUT2D eigenvalue weighted by Gasteiger charge is 2.14. The molecule has 2 N–H and O–H groups in total. The van der Waals surface area contributed by atoms with Crippen LogP contribution in [-0.4, -0.2) is 6.54 Å². The average molecular weight is 202 g/mol. The van der Waals surface area contributed by atoms with Crippen LogP contribution in [0.15, 0.2) is 12.1 Å². The molecule has 0 heterocycles. The second kappa shape index (κ2) is 4.07. The molecule has 1 unspecified atom stereocenters. The SMILES string of the molecule is Cc1c(Cl)ccc(F)c1C(C)CN. The van der Waals surface area contributed by atoms with Crippen LogP contribution in [0.3, 0.4) is 0 Å². The Bertz CT molecular complexity index is 312. The lowest BCUT2D eigenvalue weighted by Gasteiger charge is -2.14. The molecule has 0 radical (unpaired) electrons. The Labute approximate surface area is 82.7 Å². The van der Waals surface area contributed by atoms with E-state index in [4.69, 9.17) is 17.3 Å². The van der Waals surface area contributed by atoms with E-state index < -0.39 is 0 Å². The Balaban J connectivity index is 3.25. The van der Waals surface area contributed by atoms with Crippen molar-refractivity contribution in [3.8, 4) is 0 Å². The Morgan fingerprint density at radius 2 is 2.15 bits per heavy atom. The smallest absolute Gasteiger partial charge is 0.127 e. The molecule has 0 bridgehead atoms. The number of benzene rings is 1. The van der Waals surface area contributed by atoms with Crippen molar-refractivity contribution in [3.63, 3.8) is 0 Å². The maximum atomic E-state index is 13.4. The summed E-state index contributed by atoms with van der Waals surface area (Å²) in [5.41, 5.74) is 6.91. The van der Waals surface area contributed by atoms with Crippen molar-refractivity contribution in [1.82, 2.24) is 0 Å². The van der Waals surface area contributed by atoms with E-state index in [2.05, 4.69) is 0 Å². The zero-order chi connectivity index (χ0) is 10.0. The Morgan fingerprint density at radius 1 is 1.54 bits per heavy atom. The summed E-state index contributed by atoms with van der Waals surface area (Å²) in [6.45, 7) is 4.13. The van der Waals surface area contributed by atoms with Crippen LogP contribution in [-0.2, 0) is 0 Å². The summed E-state index contributed by atoms with van der Waals surface area (Å²) in [6, 6.07) is 2.95. The molecule has 3 heteroatoms. The summed E-state index contributed by atoms with van der Waals surface area (Å²) in [7, 11) is 0. The van der Waals surface area contributed by atoms with Gasteiger partial charge in [0, 0.05) is 5.02 Å². The molecule has 0 amide bonds. The molecule has 0 aliphatic carbocycles. The third kappa shape index (κ3) is 2.01. The number of hydrogen-bond acceptors (Lipinski definition) is 1. The lowest BCUT2D eigenvalue weighted by Crippen LogP contribution is -2.12. The van der Waals surface area contributed by atoms with E-state index in [0.717, 1.165) is 5.56 Å². The second-order valence-electron chi connectivity index (χ2n) is 3.20. The molecule has 0 saturated heterocycles. The summed E-state index contributed by atoms with van der Waals surface area (Å²) >= 11 is 5.88. The lowest BCUT2D eigenvalue weighted by atomic mass is 9.96. The van der Waals surface area contributed by atoms with E-state index in [-0.39, 0.29) is 11.7 Å².